The molecule has 0 amide bonds. The van der Waals surface area contributed by atoms with E-state index in [0.29, 0.717) is 6.07 Å². The summed E-state index contributed by atoms with van der Waals surface area (Å²) < 4.78 is 211. The summed E-state index contributed by atoms with van der Waals surface area (Å²) in [4.78, 5) is -2.07. The van der Waals surface area contributed by atoms with Crippen LogP contribution in [0.25, 0.3) is 0 Å². The lowest BCUT2D eigenvalue weighted by atomic mass is 9.91. The Bertz CT molecular complexity index is 1350. The van der Waals surface area contributed by atoms with Crippen molar-refractivity contribution in [2.24, 2.45) is 0 Å². The zero-order valence-electron chi connectivity index (χ0n) is 17.3. The Hall–Kier alpha value is -1.76. The minimum Gasteiger partial charge on any atom is -0.301 e. The number of benzene rings is 2. The molecule has 0 aliphatic carbocycles. The Kier molecular flexibility index (Phi) is 8.29. The predicted octanol–water partition coefficient (Wildman–Crippen LogP) is 7.27. The molecule has 0 bridgehead atoms. The topological polar surface area (TPSA) is 71.4 Å². The second-order valence-electron chi connectivity index (χ2n) is 7.24. The molecule has 4 nitrogen and oxygen atoms in total. The minimum absolute atomic E-state index is 0.0255. The summed E-state index contributed by atoms with van der Waals surface area (Å²) in [5, 5.41) is -8.71. The van der Waals surface area contributed by atoms with Gasteiger partial charge in [-0.2, -0.15) is 52.7 Å². The Morgan fingerprint density at radius 3 is 1.53 bits per heavy atom. The number of halogens is 14. The van der Waals surface area contributed by atoms with Crippen LogP contribution in [0.4, 0.5) is 52.7 Å². The van der Waals surface area contributed by atoms with Gasteiger partial charge in [0.15, 0.2) is 0 Å². The molecule has 1 atom stereocenters. The first-order chi connectivity index (χ1) is 16.8. The normalized spacial score (nSPS) is 15.4. The largest absolute Gasteiger partial charge is 0.413 e. The van der Waals surface area contributed by atoms with E-state index in [1.807, 2.05) is 0 Å². The average Bonchev–Trinajstić information content (AvgIpc) is 2.78. The third-order valence-corrected chi connectivity index (χ3v) is 7.92. The predicted molar refractivity (Wildman–Crippen MR) is 108 cm³/mol. The summed E-state index contributed by atoms with van der Waals surface area (Å²) in [5.74, 6) is -38.4. The first-order valence-electron chi connectivity index (χ1n) is 9.00. The molecule has 0 heterocycles. The van der Waals surface area contributed by atoms with Crippen molar-refractivity contribution >= 4 is 44.1 Å². The quantitative estimate of drug-likeness (QED) is 0.229. The van der Waals surface area contributed by atoms with E-state index in [0.717, 1.165) is 24.3 Å². The van der Waals surface area contributed by atoms with Gasteiger partial charge in [0, 0.05) is 10.6 Å². The number of hydrogen-bond acceptors (Lipinski definition) is 3. The third kappa shape index (κ3) is 4.65. The Labute approximate surface area is 216 Å². The molecule has 0 fully saturated rings. The van der Waals surface area contributed by atoms with E-state index in [1.54, 1.807) is 0 Å². The molecule has 0 aromatic heterocycles. The van der Waals surface area contributed by atoms with Crippen LogP contribution >= 0.6 is 23.2 Å². The Morgan fingerprint density at radius 1 is 0.658 bits per heavy atom. The fraction of sp³-hybridized carbons (Fsp3) is 0.333. The zero-order valence-corrected chi connectivity index (χ0v) is 20.5. The van der Waals surface area contributed by atoms with Gasteiger partial charge in [0.2, 0.25) is 20.9 Å². The van der Waals surface area contributed by atoms with Crippen LogP contribution in [-0.4, -0.2) is 46.1 Å². The summed E-state index contributed by atoms with van der Waals surface area (Å²) in [7, 11) is -4.93. The number of alkyl halides is 12. The van der Waals surface area contributed by atoms with Crippen LogP contribution in [0.3, 0.4) is 0 Å². The number of hydrogen-bond donors (Lipinski definition) is 1. The van der Waals surface area contributed by atoms with Gasteiger partial charge in [0.05, 0.1) is 14.8 Å². The van der Waals surface area contributed by atoms with Crippen LogP contribution in [0.2, 0.25) is 10.0 Å². The van der Waals surface area contributed by atoms with Gasteiger partial charge in [-0.15, -0.1) is 0 Å². The highest BCUT2D eigenvalue weighted by Crippen LogP contribution is 2.62. The average molecular weight is 651 g/mol. The van der Waals surface area contributed by atoms with E-state index in [2.05, 4.69) is 0 Å². The summed E-state index contributed by atoms with van der Waals surface area (Å²) >= 11 is 5.46. The molecule has 38 heavy (non-hydrogen) atoms. The van der Waals surface area contributed by atoms with Crippen LogP contribution < -0.4 is 0 Å². The van der Waals surface area contributed by atoms with Gasteiger partial charge >= 0.3 is 34.9 Å². The molecular formula is C18H8Cl2F12O4S2. The van der Waals surface area contributed by atoms with Gasteiger partial charge in [-0.3, -0.25) is 0 Å². The maximum atomic E-state index is 14.7. The molecule has 0 spiro atoms. The van der Waals surface area contributed by atoms with Gasteiger partial charge in [0.25, 0.3) is 0 Å². The molecule has 2 rings (SSSR count). The van der Waals surface area contributed by atoms with Crippen molar-refractivity contribution < 1.29 is 69.9 Å². The minimum atomic E-state index is -8.10. The van der Waals surface area contributed by atoms with Crippen molar-refractivity contribution in [2.75, 3.05) is 0 Å². The fourth-order valence-corrected chi connectivity index (χ4v) is 4.71. The summed E-state index contributed by atoms with van der Waals surface area (Å²) in [6, 6.07) is 3.63. The molecule has 1 N–H and O–H groups in total. The molecule has 0 saturated heterocycles. The molecule has 2 aromatic carbocycles. The van der Waals surface area contributed by atoms with Gasteiger partial charge in [0.1, 0.15) is 0 Å². The lowest BCUT2D eigenvalue weighted by Crippen LogP contribution is -2.70. The van der Waals surface area contributed by atoms with Crippen LogP contribution in [0.5, 0.6) is 0 Å². The third-order valence-electron chi connectivity index (χ3n) is 4.87. The highest BCUT2D eigenvalue weighted by Gasteiger charge is 2.91. The zero-order chi connectivity index (χ0) is 29.9. The maximum Gasteiger partial charge on any atom is 0.413 e. The van der Waals surface area contributed by atoms with Crippen LogP contribution in [-0.2, 0) is 26.8 Å². The number of sulfone groups is 1. The monoisotopic (exact) mass is 650 g/mol. The van der Waals surface area contributed by atoms with Crippen molar-refractivity contribution in [1.82, 2.24) is 0 Å². The van der Waals surface area contributed by atoms with Crippen molar-refractivity contribution in [2.45, 2.75) is 44.7 Å². The molecule has 20 heteroatoms. The van der Waals surface area contributed by atoms with Crippen molar-refractivity contribution in [3.63, 3.8) is 0 Å². The molecule has 214 valence electrons. The van der Waals surface area contributed by atoms with E-state index in [1.165, 1.54) is 0 Å². The summed E-state index contributed by atoms with van der Waals surface area (Å²) in [5.41, 5.74) is -2.60. The van der Waals surface area contributed by atoms with Gasteiger partial charge in [-0.25, -0.2) is 12.6 Å². The van der Waals surface area contributed by atoms with Crippen molar-refractivity contribution in [3.05, 3.63) is 58.1 Å². The lowest BCUT2D eigenvalue weighted by Gasteiger charge is -2.40. The SMILES string of the molecule is O=S(O)C(F)(F)C(F)(F)C(F)(F)C(F)(F)C(F)(F)C(F)(F)c1cc(S(=O)(=O)c2ccc(Cl)cc2)ccc1Cl. The lowest BCUT2D eigenvalue weighted by molar-refractivity contribution is -0.419. The first kappa shape index (κ1) is 32.5. The van der Waals surface area contributed by atoms with Gasteiger partial charge < -0.3 is 4.55 Å². The molecule has 1 unspecified atom stereocenters. The highest BCUT2D eigenvalue weighted by atomic mass is 35.5. The Morgan fingerprint density at radius 2 is 1.08 bits per heavy atom. The van der Waals surface area contributed by atoms with Crippen LogP contribution in [0.15, 0.2) is 52.3 Å². The molecule has 0 aliphatic heterocycles. The van der Waals surface area contributed by atoms with Crippen LogP contribution in [0.1, 0.15) is 5.56 Å². The maximum absolute atomic E-state index is 14.7. The highest BCUT2D eigenvalue weighted by molar-refractivity contribution is 7.91. The van der Waals surface area contributed by atoms with Crippen molar-refractivity contribution in [1.29, 1.82) is 0 Å². The Balaban J connectivity index is 2.73. The molecule has 0 saturated carbocycles. The molecule has 2 aromatic rings. The van der Waals surface area contributed by atoms with E-state index < -0.39 is 82.2 Å². The van der Waals surface area contributed by atoms with E-state index in [9.17, 15) is 65.3 Å². The summed E-state index contributed by atoms with van der Waals surface area (Å²) in [6.45, 7) is 0. The van der Waals surface area contributed by atoms with E-state index >= 15 is 0 Å². The smallest absolute Gasteiger partial charge is 0.301 e. The summed E-state index contributed by atoms with van der Waals surface area (Å²) in [6.07, 6.45) is 0. The van der Waals surface area contributed by atoms with E-state index in [4.69, 9.17) is 27.8 Å². The molecule has 0 radical (unpaired) electrons. The van der Waals surface area contributed by atoms with Gasteiger partial charge in [-0.1, -0.05) is 23.2 Å². The standard InChI is InChI=1S/C18H8Cl2F12O4S2/c19-8-1-3-9(4-2-8)38(35,36)10-5-6-12(20)11(7-10)13(21,22)14(23,24)15(25,26)16(27,28)17(29,30)18(31,32)37(33)34/h1-7H,(H,33,34). The molecule has 0 aliphatic rings. The van der Waals surface area contributed by atoms with Gasteiger partial charge in [-0.05, 0) is 42.5 Å². The second kappa shape index (κ2) is 9.71. The number of rotatable bonds is 9. The fourth-order valence-electron chi connectivity index (χ4n) is 2.72. The van der Waals surface area contributed by atoms with E-state index in [-0.39, 0.29) is 11.1 Å². The van der Waals surface area contributed by atoms with Crippen molar-refractivity contribution in [3.8, 4) is 0 Å². The first-order valence-corrected chi connectivity index (χ1v) is 12.3. The second-order valence-corrected chi connectivity index (χ2v) is 11.0. The molecular weight excluding hydrogens is 643 g/mol. The van der Waals surface area contributed by atoms with Crippen LogP contribution in [0, 0.1) is 0 Å².